The van der Waals surface area contributed by atoms with Gasteiger partial charge in [-0.25, -0.2) is 19.2 Å². The smallest absolute Gasteiger partial charge is 0.644 e. The Morgan fingerprint density at radius 2 is 1.66 bits per heavy atom. The molecule has 0 aliphatic carbocycles. The van der Waals surface area contributed by atoms with Gasteiger partial charge in [0.1, 0.15) is 18.1 Å². The number of halogens is 1. The first kappa shape index (κ1) is 27.7. The molecule has 11 heteroatoms. The summed E-state index contributed by atoms with van der Waals surface area (Å²) in [4.78, 5) is 44.5. The number of carbonyl (C=O) groups is 3. The molecule has 176 valence electrons. The molecule has 0 unspecified atom stereocenters. The normalized spacial score (nSPS) is 10.5. The first-order valence-electron chi connectivity index (χ1n) is 10.3. The largest absolute Gasteiger partial charge is 1.00 e. The Balaban J connectivity index is 0.00000432. The van der Waals surface area contributed by atoms with Gasteiger partial charge in [0.25, 0.3) is 0 Å². The molecule has 35 heavy (non-hydrogen) atoms. The molecule has 3 aromatic rings. The third-order valence-corrected chi connectivity index (χ3v) is 4.92. The van der Waals surface area contributed by atoms with Gasteiger partial charge in [-0.3, -0.25) is 9.69 Å². The van der Waals surface area contributed by atoms with E-state index in [1.165, 1.54) is 30.6 Å². The van der Waals surface area contributed by atoms with E-state index in [-0.39, 0.29) is 62.1 Å². The van der Waals surface area contributed by atoms with Gasteiger partial charge in [-0.15, -0.1) is 6.54 Å². The molecule has 1 amide bonds. The van der Waals surface area contributed by atoms with E-state index in [9.17, 15) is 23.9 Å². The average Bonchev–Trinajstić information content (AvgIpc) is 2.79. The molecule has 0 aliphatic rings. The number of rotatable bonds is 10. The molecule has 0 bridgehead atoms. The number of benzene rings is 2. The van der Waals surface area contributed by atoms with Crippen molar-refractivity contribution in [3.63, 3.8) is 0 Å². The maximum absolute atomic E-state index is 13.4. The molecule has 0 fully saturated rings. The molecule has 0 aliphatic heterocycles. The molecule has 0 atom stereocenters. The van der Waals surface area contributed by atoms with Gasteiger partial charge in [-0.1, -0.05) is 29.8 Å². The van der Waals surface area contributed by atoms with Crippen molar-refractivity contribution in [1.29, 1.82) is 0 Å². The van der Waals surface area contributed by atoms with Crippen LogP contribution < -0.4 is 18.9 Å². The summed E-state index contributed by atoms with van der Waals surface area (Å²) in [6, 6.07) is 12.1. The van der Waals surface area contributed by atoms with Crippen molar-refractivity contribution in [2.45, 2.75) is 26.6 Å². The van der Waals surface area contributed by atoms with Gasteiger partial charge in [0.15, 0.2) is 0 Å². The zero-order valence-corrected chi connectivity index (χ0v) is 19.3. The Labute approximate surface area is 213 Å². The minimum absolute atomic E-state index is 0. The zero-order chi connectivity index (χ0) is 24.7. The molecule has 1 aromatic heterocycles. The van der Waals surface area contributed by atoms with Crippen molar-refractivity contribution < 1.29 is 47.8 Å². The van der Waals surface area contributed by atoms with E-state index in [0.29, 0.717) is 16.8 Å². The molecule has 0 spiro atoms. The minimum atomic E-state index is -1.05. The quantitative estimate of drug-likeness (QED) is 0.406. The number of carbonyl (C=O) groups excluding carboxylic acids is 1. The average molecular weight is 472 g/mol. The monoisotopic (exact) mass is 472 g/mol. The van der Waals surface area contributed by atoms with E-state index in [2.05, 4.69) is 15.3 Å². The summed E-state index contributed by atoms with van der Waals surface area (Å²) in [6.45, 7) is 1.75. The van der Waals surface area contributed by atoms with Crippen molar-refractivity contribution in [2.24, 2.45) is 0 Å². The van der Waals surface area contributed by atoms with Crippen LogP contribution in [0, 0.1) is 12.7 Å². The fourth-order valence-corrected chi connectivity index (χ4v) is 3.25. The summed E-state index contributed by atoms with van der Waals surface area (Å²) in [5, 5.41) is 22.3. The standard InChI is InChI=1S/C24H23FN4O5.Li/c1-15-8-17(4-7-20(15)25)10-26-23(32)21-9-19(27-14-28-21)12-29(13-22(30)31)11-16-2-5-18(6-3-16)24(33)34;/h2-9,14H,10-13H2,1H3,(H3,26,30,31,32,33,34);/q;+1/p-1. The molecule has 0 saturated carbocycles. The molecule has 2 N–H and O–H groups in total. The number of hydrogen-bond acceptors (Lipinski definition) is 6. The topological polar surface area (TPSA) is 135 Å². The molecular formula is C24H22FLiN4O5. The molecule has 1 heterocycles. The molecular weight excluding hydrogens is 450 g/mol. The van der Waals surface area contributed by atoms with Crippen LogP contribution in [0.25, 0.3) is 5.32 Å². The Morgan fingerprint density at radius 1 is 0.971 bits per heavy atom. The molecule has 0 saturated heterocycles. The van der Waals surface area contributed by atoms with Crippen molar-refractivity contribution in [2.75, 3.05) is 6.54 Å². The number of nitrogens with zero attached hydrogens (tertiary/aromatic N) is 4. The van der Waals surface area contributed by atoms with E-state index in [1.807, 2.05) is 0 Å². The van der Waals surface area contributed by atoms with Gasteiger partial charge in [0.2, 0.25) is 0 Å². The van der Waals surface area contributed by atoms with Gasteiger partial charge in [0, 0.05) is 13.1 Å². The molecule has 2 aromatic carbocycles. The zero-order valence-electron chi connectivity index (χ0n) is 19.3. The maximum atomic E-state index is 13.4. The summed E-state index contributed by atoms with van der Waals surface area (Å²) in [5.74, 6) is -3.00. The van der Waals surface area contributed by atoms with Gasteiger partial charge in [-0.2, -0.15) is 0 Å². The van der Waals surface area contributed by atoms with Crippen LogP contribution >= 0.6 is 0 Å². The van der Waals surface area contributed by atoms with Crippen LogP contribution in [0.4, 0.5) is 4.39 Å². The van der Waals surface area contributed by atoms with Crippen LogP contribution in [0.15, 0.2) is 54.9 Å². The second-order valence-corrected chi connectivity index (χ2v) is 7.64. The predicted octanol–water partition coefficient (Wildman–Crippen LogP) is 0.427. The van der Waals surface area contributed by atoms with Crippen LogP contribution in [0.3, 0.4) is 0 Å². The van der Waals surface area contributed by atoms with Gasteiger partial charge < -0.3 is 20.3 Å². The van der Waals surface area contributed by atoms with Gasteiger partial charge >= 0.3 is 30.8 Å². The minimum Gasteiger partial charge on any atom is -0.644 e. The first-order valence-corrected chi connectivity index (χ1v) is 10.3. The molecule has 3 rings (SSSR count). The summed E-state index contributed by atoms with van der Waals surface area (Å²) >= 11 is 0. The summed E-state index contributed by atoms with van der Waals surface area (Å²) < 4.78 is 13.4. The molecule has 9 nitrogen and oxygen atoms in total. The SMILES string of the molecule is Cc1cc(C[N-]C(=O)c2cc(CN(CC(=O)O)Cc3ccc(C(=O)O)cc3)ncn2)ccc1F.[Li+]. The number of aromatic carboxylic acids is 1. The summed E-state index contributed by atoms with van der Waals surface area (Å²) in [6.07, 6.45) is 1.21. The van der Waals surface area contributed by atoms with Crippen molar-refractivity contribution in [1.82, 2.24) is 14.9 Å². The number of aryl methyl sites for hydroxylation is 1. The van der Waals surface area contributed by atoms with E-state index >= 15 is 0 Å². The Hall–Kier alpha value is -3.58. The van der Waals surface area contributed by atoms with Crippen LogP contribution in [0.2, 0.25) is 0 Å². The summed E-state index contributed by atoms with van der Waals surface area (Å²) in [7, 11) is 0. The summed E-state index contributed by atoms with van der Waals surface area (Å²) in [5.41, 5.74) is 2.48. The first-order chi connectivity index (χ1) is 16.2. The van der Waals surface area contributed by atoms with Crippen LogP contribution in [0.1, 0.15) is 43.2 Å². The van der Waals surface area contributed by atoms with Crippen molar-refractivity contribution in [3.05, 3.63) is 99.6 Å². The third-order valence-electron chi connectivity index (χ3n) is 4.92. The predicted molar refractivity (Wildman–Crippen MR) is 120 cm³/mol. The maximum Gasteiger partial charge on any atom is 1.00 e. The number of aliphatic carboxylic acids is 1. The van der Waals surface area contributed by atoms with Crippen molar-refractivity contribution >= 4 is 17.8 Å². The van der Waals surface area contributed by atoms with E-state index < -0.39 is 17.8 Å². The van der Waals surface area contributed by atoms with Crippen LogP contribution in [0.5, 0.6) is 0 Å². The van der Waals surface area contributed by atoms with Crippen LogP contribution in [-0.2, 0) is 24.4 Å². The number of aromatic nitrogens is 2. The fraction of sp³-hybridized carbons (Fsp3) is 0.208. The number of hydrogen-bond donors (Lipinski definition) is 2. The second-order valence-electron chi connectivity index (χ2n) is 7.64. The Bertz CT molecular complexity index is 1210. The van der Waals surface area contributed by atoms with Gasteiger partial charge in [0.05, 0.1) is 23.5 Å². The number of amides is 1. The number of carboxylic acid groups (broad SMARTS) is 2. The van der Waals surface area contributed by atoms with Crippen LogP contribution in [-0.4, -0.2) is 49.5 Å². The third kappa shape index (κ3) is 8.29. The van der Waals surface area contributed by atoms with E-state index in [1.54, 1.807) is 36.1 Å². The number of carboxylic acids is 2. The Kier molecular flexibility index (Phi) is 10.1. The van der Waals surface area contributed by atoms with E-state index in [0.717, 1.165) is 5.56 Å². The van der Waals surface area contributed by atoms with Crippen molar-refractivity contribution in [3.8, 4) is 0 Å². The second kappa shape index (κ2) is 12.8. The van der Waals surface area contributed by atoms with E-state index in [4.69, 9.17) is 5.11 Å². The van der Waals surface area contributed by atoms with Gasteiger partial charge in [-0.05, 0) is 42.3 Å². The Morgan fingerprint density at radius 3 is 2.29 bits per heavy atom. The fourth-order valence-electron chi connectivity index (χ4n) is 3.25. The molecule has 0 radical (unpaired) electrons.